The third kappa shape index (κ3) is 4.61. The van der Waals surface area contributed by atoms with Crippen molar-refractivity contribution in [3.8, 4) is 5.75 Å². The normalized spacial score (nSPS) is 12.1. The van der Waals surface area contributed by atoms with E-state index in [2.05, 4.69) is 62.5 Å². The molecule has 1 atom stereocenters. The van der Waals surface area contributed by atoms with Crippen molar-refractivity contribution < 1.29 is 4.74 Å². The summed E-state index contributed by atoms with van der Waals surface area (Å²) in [6.07, 6.45) is 1.12. The van der Waals surface area contributed by atoms with Crippen LogP contribution >= 0.6 is 0 Å². The van der Waals surface area contributed by atoms with E-state index in [1.807, 2.05) is 12.1 Å². The number of rotatable bonds is 7. The lowest BCUT2D eigenvalue weighted by atomic mass is 10.0. The minimum Gasteiger partial charge on any atom is -0.492 e. The third-order valence-corrected chi connectivity index (χ3v) is 3.61. The van der Waals surface area contributed by atoms with Gasteiger partial charge in [0.05, 0.1) is 6.04 Å². The Morgan fingerprint density at radius 2 is 1.86 bits per heavy atom. The van der Waals surface area contributed by atoms with Crippen molar-refractivity contribution in [3.05, 3.63) is 65.2 Å². The minimum atomic E-state index is 0.228. The highest BCUT2D eigenvalue weighted by atomic mass is 16.5. The van der Waals surface area contributed by atoms with Crippen LogP contribution < -0.4 is 10.1 Å². The molecule has 0 heterocycles. The van der Waals surface area contributed by atoms with Crippen LogP contribution in [0.25, 0.3) is 0 Å². The zero-order chi connectivity index (χ0) is 15.1. The van der Waals surface area contributed by atoms with Crippen molar-refractivity contribution in [1.82, 2.24) is 5.32 Å². The Hall–Kier alpha value is -1.80. The molecule has 0 aliphatic rings. The lowest BCUT2D eigenvalue weighted by Crippen LogP contribution is -2.28. The molecular formula is C19H25NO. The highest BCUT2D eigenvalue weighted by Crippen LogP contribution is 2.20. The molecule has 2 nitrogen and oxygen atoms in total. The third-order valence-electron chi connectivity index (χ3n) is 3.61. The maximum absolute atomic E-state index is 5.99. The molecule has 0 spiro atoms. The van der Waals surface area contributed by atoms with Crippen LogP contribution in [0.1, 0.15) is 36.1 Å². The van der Waals surface area contributed by atoms with Gasteiger partial charge < -0.3 is 10.1 Å². The summed E-state index contributed by atoms with van der Waals surface area (Å²) in [5.74, 6) is 0.937. The van der Waals surface area contributed by atoms with E-state index in [4.69, 9.17) is 4.74 Å². The van der Waals surface area contributed by atoms with Crippen LogP contribution in [0.4, 0.5) is 0 Å². The summed E-state index contributed by atoms with van der Waals surface area (Å²) in [5.41, 5.74) is 3.85. The summed E-state index contributed by atoms with van der Waals surface area (Å²) in [6, 6.07) is 17.0. The predicted molar refractivity (Wildman–Crippen MR) is 88.9 cm³/mol. The highest BCUT2D eigenvalue weighted by molar-refractivity contribution is 5.30. The molecule has 0 fully saturated rings. The number of hydrogen-bond acceptors (Lipinski definition) is 2. The zero-order valence-electron chi connectivity index (χ0n) is 13.2. The fourth-order valence-corrected chi connectivity index (χ4v) is 2.44. The standard InChI is InChI=1S/C19H25NO/c1-4-12-20-19(18-11-6-5-9-16(18)3)14-21-17-10-7-8-15(2)13-17/h5-11,13,19-20H,4,12,14H2,1-3H3. The molecule has 112 valence electrons. The summed E-state index contributed by atoms with van der Waals surface area (Å²) in [7, 11) is 0. The van der Waals surface area contributed by atoms with Gasteiger partial charge in [-0.1, -0.05) is 43.3 Å². The SMILES string of the molecule is CCCNC(COc1cccc(C)c1)c1ccccc1C. The van der Waals surface area contributed by atoms with Crippen LogP contribution in [0, 0.1) is 13.8 Å². The summed E-state index contributed by atoms with van der Waals surface area (Å²) < 4.78 is 5.99. The van der Waals surface area contributed by atoms with Crippen molar-refractivity contribution in [3.63, 3.8) is 0 Å². The first-order valence-corrected chi connectivity index (χ1v) is 7.69. The van der Waals surface area contributed by atoms with Crippen LogP contribution in [0.3, 0.4) is 0 Å². The molecule has 21 heavy (non-hydrogen) atoms. The van der Waals surface area contributed by atoms with Gasteiger partial charge in [0.25, 0.3) is 0 Å². The van der Waals surface area contributed by atoms with E-state index in [-0.39, 0.29) is 6.04 Å². The fraction of sp³-hybridized carbons (Fsp3) is 0.368. The van der Waals surface area contributed by atoms with E-state index in [0.29, 0.717) is 6.61 Å². The van der Waals surface area contributed by atoms with Gasteiger partial charge in [0.1, 0.15) is 12.4 Å². The molecule has 2 aromatic carbocycles. The molecule has 0 amide bonds. The highest BCUT2D eigenvalue weighted by Gasteiger charge is 2.13. The second-order valence-corrected chi connectivity index (χ2v) is 5.49. The summed E-state index contributed by atoms with van der Waals surface area (Å²) in [6.45, 7) is 8.07. The predicted octanol–water partition coefficient (Wildman–Crippen LogP) is 4.42. The molecule has 0 aliphatic carbocycles. The summed E-state index contributed by atoms with van der Waals surface area (Å²) in [5, 5.41) is 3.59. The first-order chi connectivity index (χ1) is 10.2. The van der Waals surface area contributed by atoms with Gasteiger partial charge in [0.15, 0.2) is 0 Å². The van der Waals surface area contributed by atoms with Crippen LogP contribution in [-0.4, -0.2) is 13.2 Å². The first kappa shape index (κ1) is 15.6. The maximum Gasteiger partial charge on any atom is 0.119 e. The van der Waals surface area contributed by atoms with Crippen LogP contribution in [0.5, 0.6) is 5.75 Å². The molecule has 1 N–H and O–H groups in total. The van der Waals surface area contributed by atoms with Crippen molar-refractivity contribution in [1.29, 1.82) is 0 Å². The van der Waals surface area contributed by atoms with Gasteiger partial charge in [-0.25, -0.2) is 0 Å². The largest absolute Gasteiger partial charge is 0.492 e. The lowest BCUT2D eigenvalue weighted by molar-refractivity contribution is 0.266. The monoisotopic (exact) mass is 283 g/mol. The lowest BCUT2D eigenvalue weighted by Gasteiger charge is -2.21. The Kier molecular flexibility index (Phi) is 5.82. The number of nitrogens with one attached hydrogen (secondary N) is 1. The van der Waals surface area contributed by atoms with Crippen molar-refractivity contribution in [2.24, 2.45) is 0 Å². The number of ether oxygens (including phenoxy) is 1. The topological polar surface area (TPSA) is 21.3 Å². The van der Waals surface area contributed by atoms with E-state index in [1.165, 1.54) is 16.7 Å². The fourth-order valence-electron chi connectivity index (χ4n) is 2.44. The number of aryl methyl sites for hydroxylation is 2. The molecule has 2 rings (SSSR count). The maximum atomic E-state index is 5.99. The van der Waals surface area contributed by atoms with Crippen molar-refractivity contribution in [2.45, 2.75) is 33.2 Å². The smallest absolute Gasteiger partial charge is 0.119 e. The second kappa shape index (κ2) is 7.84. The quantitative estimate of drug-likeness (QED) is 0.812. The Labute approximate surface area is 128 Å². The molecule has 0 bridgehead atoms. The molecule has 0 saturated carbocycles. The van der Waals surface area contributed by atoms with Gasteiger partial charge in [0, 0.05) is 0 Å². The Bertz CT molecular complexity index is 565. The van der Waals surface area contributed by atoms with Gasteiger partial charge in [-0.3, -0.25) is 0 Å². The molecule has 0 saturated heterocycles. The van der Waals surface area contributed by atoms with Crippen molar-refractivity contribution in [2.75, 3.05) is 13.2 Å². The van der Waals surface area contributed by atoms with Crippen molar-refractivity contribution >= 4 is 0 Å². The Morgan fingerprint density at radius 1 is 1.05 bits per heavy atom. The zero-order valence-corrected chi connectivity index (χ0v) is 13.2. The molecule has 1 unspecified atom stereocenters. The van der Waals surface area contributed by atoms with Gasteiger partial charge in [-0.15, -0.1) is 0 Å². The van der Waals surface area contributed by atoms with Gasteiger partial charge in [-0.05, 0) is 55.6 Å². The molecular weight excluding hydrogens is 258 g/mol. The van der Waals surface area contributed by atoms with Crippen LogP contribution in [-0.2, 0) is 0 Å². The van der Waals surface area contributed by atoms with Gasteiger partial charge in [0.2, 0.25) is 0 Å². The van der Waals surface area contributed by atoms with Gasteiger partial charge in [-0.2, -0.15) is 0 Å². The second-order valence-electron chi connectivity index (χ2n) is 5.49. The average Bonchev–Trinajstić information content (AvgIpc) is 2.48. The minimum absolute atomic E-state index is 0.228. The molecule has 2 aromatic rings. The molecule has 0 aliphatic heterocycles. The number of hydrogen-bond donors (Lipinski definition) is 1. The number of benzene rings is 2. The average molecular weight is 283 g/mol. The summed E-state index contributed by atoms with van der Waals surface area (Å²) >= 11 is 0. The van der Waals surface area contributed by atoms with E-state index in [9.17, 15) is 0 Å². The molecule has 2 heteroatoms. The van der Waals surface area contributed by atoms with E-state index >= 15 is 0 Å². The van der Waals surface area contributed by atoms with E-state index < -0.39 is 0 Å². The Morgan fingerprint density at radius 3 is 2.57 bits per heavy atom. The molecule has 0 radical (unpaired) electrons. The summed E-state index contributed by atoms with van der Waals surface area (Å²) in [4.78, 5) is 0. The van der Waals surface area contributed by atoms with E-state index in [0.717, 1.165) is 18.7 Å². The molecule has 0 aromatic heterocycles. The van der Waals surface area contributed by atoms with Gasteiger partial charge >= 0.3 is 0 Å². The van der Waals surface area contributed by atoms with E-state index in [1.54, 1.807) is 0 Å². The Balaban J connectivity index is 2.08. The van der Waals surface area contributed by atoms with Crippen LogP contribution in [0.15, 0.2) is 48.5 Å². The first-order valence-electron chi connectivity index (χ1n) is 7.69. The van der Waals surface area contributed by atoms with Crippen LogP contribution in [0.2, 0.25) is 0 Å².